The molecule has 1 aromatic carbocycles. The fraction of sp³-hybridized carbons (Fsp3) is 0.481. The number of hydrogen-bond donors (Lipinski definition) is 1. The second kappa shape index (κ2) is 9.49. The highest BCUT2D eigenvalue weighted by Gasteiger charge is 2.41. The third kappa shape index (κ3) is 4.72. The first-order chi connectivity index (χ1) is 16.8. The number of amides is 3. The first-order valence-corrected chi connectivity index (χ1v) is 12.4. The van der Waals surface area contributed by atoms with E-state index < -0.39 is 17.8 Å². The maximum atomic E-state index is 14.6. The summed E-state index contributed by atoms with van der Waals surface area (Å²) in [5.41, 5.74) is 4.49. The maximum absolute atomic E-state index is 14.6. The van der Waals surface area contributed by atoms with Gasteiger partial charge in [-0.1, -0.05) is 19.9 Å². The van der Waals surface area contributed by atoms with E-state index in [0.29, 0.717) is 17.9 Å². The maximum Gasteiger partial charge on any atom is 0.255 e. The van der Waals surface area contributed by atoms with Gasteiger partial charge in [-0.2, -0.15) is 0 Å². The van der Waals surface area contributed by atoms with Crippen molar-refractivity contribution in [2.24, 2.45) is 0 Å². The standard InChI is InChI=1S/C27H31FN4O3/c1-16(2)19-9-17(12-29-13-19)14-31-7-5-18(6-8-31)21-10-20(28)11-22-23(21)15-32(27(22)35)24-3-4-25(33)30-26(24)34/h9-13,16,18,24H,3-8,14-15H2,1-2H3,(H,30,33,34). The Morgan fingerprint density at radius 2 is 1.86 bits per heavy atom. The molecular weight excluding hydrogens is 447 g/mol. The van der Waals surface area contributed by atoms with Crippen LogP contribution in [-0.4, -0.2) is 51.6 Å². The first kappa shape index (κ1) is 23.6. The summed E-state index contributed by atoms with van der Waals surface area (Å²) in [6.45, 7) is 7.21. The Morgan fingerprint density at radius 3 is 2.57 bits per heavy atom. The molecule has 1 aromatic heterocycles. The average molecular weight is 479 g/mol. The Labute approximate surface area is 204 Å². The van der Waals surface area contributed by atoms with Gasteiger partial charge in [-0.05, 0) is 78.6 Å². The predicted molar refractivity (Wildman–Crippen MR) is 128 cm³/mol. The van der Waals surface area contributed by atoms with Crippen molar-refractivity contribution < 1.29 is 18.8 Å². The first-order valence-electron chi connectivity index (χ1n) is 12.4. The number of halogens is 1. The lowest BCUT2D eigenvalue weighted by Gasteiger charge is -2.33. The van der Waals surface area contributed by atoms with Gasteiger partial charge in [0.15, 0.2) is 0 Å². The molecule has 0 aliphatic carbocycles. The molecule has 0 spiro atoms. The lowest BCUT2D eigenvalue weighted by atomic mass is 9.85. The number of nitrogens with one attached hydrogen (secondary N) is 1. The Hall–Kier alpha value is -3.13. The largest absolute Gasteiger partial charge is 0.322 e. The van der Waals surface area contributed by atoms with E-state index in [4.69, 9.17) is 0 Å². The van der Waals surface area contributed by atoms with Crippen LogP contribution in [0.25, 0.3) is 0 Å². The zero-order chi connectivity index (χ0) is 24.7. The summed E-state index contributed by atoms with van der Waals surface area (Å²) >= 11 is 0. The van der Waals surface area contributed by atoms with Gasteiger partial charge in [0.2, 0.25) is 11.8 Å². The van der Waals surface area contributed by atoms with Gasteiger partial charge in [-0.3, -0.25) is 29.6 Å². The van der Waals surface area contributed by atoms with Gasteiger partial charge in [-0.15, -0.1) is 0 Å². The van der Waals surface area contributed by atoms with E-state index in [1.54, 1.807) is 6.07 Å². The van der Waals surface area contributed by atoms with Crippen molar-refractivity contribution in [1.29, 1.82) is 0 Å². The zero-order valence-electron chi connectivity index (χ0n) is 20.2. The number of benzene rings is 1. The van der Waals surface area contributed by atoms with Gasteiger partial charge < -0.3 is 4.90 Å². The third-order valence-corrected chi connectivity index (χ3v) is 7.57. The van der Waals surface area contributed by atoms with Crippen molar-refractivity contribution in [3.05, 3.63) is 64.2 Å². The van der Waals surface area contributed by atoms with Crippen LogP contribution in [0.15, 0.2) is 30.6 Å². The van der Waals surface area contributed by atoms with Crippen molar-refractivity contribution in [1.82, 2.24) is 20.1 Å². The van der Waals surface area contributed by atoms with Crippen LogP contribution in [0, 0.1) is 5.82 Å². The predicted octanol–water partition coefficient (Wildman–Crippen LogP) is 3.48. The van der Waals surface area contributed by atoms with Crippen molar-refractivity contribution in [2.45, 2.75) is 70.5 Å². The van der Waals surface area contributed by atoms with E-state index in [1.165, 1.54) is 22.1 Å². The van der Waals surface area contributed by atoms with Crippen LogP contribution >= 0.6 is 0 Å². The third-order valence-electron chi connectivity index (χ3n) is 7.57. The number of fused-ring (bicyclic) bond motifs is 1. The number of nitrogens with zero attached hydrogens (tertiary/aromatic N) is 3. The summed E-state index contributed by atoms with van der Waals surface area (Å²) in [5.74, 6) is -0.924. The molecule has 4 heterocycles. The van der Waals surface area contributed by atoms with Crippen LogP contribution in [0.5, 0.6) is 0 Å². The minimum absolute atomic E-state index is 0.158. The molecule has 1 unspecified atom stereocenters. The smallest absolute Gasteiger partial charge is 0.255 e. The molecule has 8 heteroatoms. The van der Waals surface area contributed by atoms with Gasteiger partial charge in [0.25, 0.3) is 5.91 Å². The molecule has 3 aliphatic rings. The fourth-order valence-corrected chi connectivity index (χ4v) is 5.59. The zero-order valence-corrected chi connectivity index (χ0v) is 20.2. The number of aromatic nitrogens is 1. The molecule has 1 N–H and O–H groups in total. The molecule has 7 nitrogen and oxygen atoms in total. The molecule has 35 heavy (non-hydrogen) atoms. The van der Waals surface area contributed by atoms with Crippen LogP contribution in [0.3, 0.4) is 0 Å². The highest BCUT2D eigenvalue weighted by atomic mass is 19.1. The van der Waals surface area contributed by atoms with E-state index in [9.17, 15) is 18.8 Å². The Morgan fingerprint density at radius 1 is 1.09 bits per heavy atom. The van der Waals surface area contributed by atoms with Gasteiger partial charge in [0.1, 0.15) is 11.9 Å². The second-order valence-electron chi connectivity index (χ2n) is 10.3. The summed E-state index contributed by atoms with van der Waals surface area (Å²) in [5, 5.41) is 2.32. The molecule has 0 saturated carbocycles. The molecule has 2 fully saturated rings. The van der Waals surface area contributed by atoms with Gasteiger partial charge in [0, 0.05) is 37.5 Å². The number of carbonyl (C=O) groups is 3. The second-order valence-corrected chi connectivity index (χ2v) is 10.3. The van der Waals surface area contributed by atoms with Crippen LogP contribution in [0.2, 0.25) is 0 Å². The molecule has 5 rings (SSSR count). The molecule has 2 saturated heterocycles. The molecule has 0 bridgehead atoms. The van der Waals surface area contributed by atoms with Gasteiger partial charge in [0.05, 0.1) is 0 Å². The number of hydrogen-bond acceptors (Lipinski definition) is 5. The van der Waals surface area contributed by atoms with Crippen molar-refractivity contribution in [2.75, 3.05) is 13.1 Å². The summed E-state index contributed by atoms with van der Waals surface area (Å²) in [7, 11) is 0. The summed E-state index contributed by atoms with van der Waals surface area (Å²) in [6, 6.07) is 4.38. The molecule has 184 valence electrons. The molecule has 2 aromatic rings. The Kier molecular flexibility index (Phi) is 6.40. The SMILES string of the molecule is CC(C)c1cncc(CN2CCC(c3cc(F)cc4c3CN(C3CCC(=O)NC3=O)C4=O)CC2)c1. The summed E-state index contributed by atoms with van der Waals surface area (Å²) < 4.78 is 14.6. The molecule has 3 aliphatic heterocycles. The Balaban J connectivity index is 1.29. The Bertz CT molecular complexity index is 1170. The minimum Gasteiger partial charge on any atom is -0.322 e. The molecule has 0 radical (unpaired) electrons. The van der Waals surface area contributed by atoms with E-state index in [1.807, 2.05) is 12.4 Å². The fourth-order valence-electron chi connectivity index (χ4n) is 5.59. The number of imide groups is 1. The van der Waals surface area contributed by atoms with Crippen LogP contribution < -0.4 is 5.32 Å². The lowest BCUT2D eigenvalue weighted by molar-refractivity contribution is -0.136. The van der Waals surface area contributed by atoms with Crippen LogP contribution in [0.1, 0.15) is 84.0 Å². The molecule has 1 atom stereocenters. The number of pyridine rings is 1. The summed E-state index contributed by atoms with van der Waals surface area (Å²) in [6.07, 6.45) is 6.09. The number of rotatable bonds is 5. The van der Waals surface area contributed by atoms with Crippen molar-refractivity contribution >= 4 is 17.7 Å². The normalized spacial score (nSPS) is 21.5. The molecule has 3 amide bonds. The summed E-state index contributed by atoms with van der Waals surface area (Å²) in [4.78, 5) is 45.3. The van der Waals surface area contributed by atoms with Crippen LogP contribution in [-0.2, 0) is 22.7 Å². The van der Waals surface area contributed by atoms with Gasteiger partial charge in [-0.25, -0.2) is 4.39 Å². The highest BCUT2D eigenvalue weighted by Crippen LogP contribution is 2.38. The van der Waals surface area contributed by atoms with Crippen LogP contribution in [0.4, 0.5) is 4.39 Å². The number of likely N-dealkylation sites (tertiary alicyclic amines) is 1. The van der Waals surface area contributed by atoms with Crippen molar-refractivity contribution in [3.8, 4) is 0 Å². The van der Waals surface area contributed by atoms with E-state index >= 15 is 0 Å². The minimum atomic E-state index is -0.694. The number of piperidine rings is 2. The number of carbonyl (C=O) groups excluding carboxylic acids is 3. The highest BCUT2D eigenvalue weighted by molar-refractivity contribution is 6.05. The van der Waals surface area contributed by atoms with Gasteiger partial charge >= 0.3 is 0 Å². The quantitative estimate of drug-likeness (QED) is 0.666. The van der Waals surface area contributed by atoms with E-state index in [0.717, 1.165) is 43.6 Å². The van der Waals surface area contributed by atoms with E-state index in [-0.39, 0.29) is 30.7 Å². The lowest BCUT2D eigenvalue weighted by Crippen LogP contribution is -2.52. The monoisotopic (exact) mass is 478 g/mol. The van der Waals surface area contributed by atoms with E-state index in [2.05, 4.69) is 35.1 Å². The average Bonchev–Trinajstić information content (AvgIpc) is 3.15. The molecular formula is C27H31FN4O3. The topological polar surface area (TPSA) is 82.6 Å². The van der Waals surface area contributed by atoms with Crippen molar-refractivity contribution in [3.63, 3.8) is 0 Å².